The first-order valence-corrected chi connectivity index (χ1v) is 10.4. The van der Waals surface area contributed by atoms with Crippen LogP contribution in [-0.4, -0.2) is 43.6 Å². The molecule has 1 aliphatic rings. The summed E-state index contributed by atoms with van der Waals surface area (Å²) in [6.07, 6.45) is 3.03. The molecule has 0 N–H and O–H groups in total. The number of benzene rings is 2. The summed E-state index contributed by atoms with van der Waals surface area (Å²) in [4.78, 5) is 17.8. The van der Waals surface area contributed by atoms with E-state index >= 15 is 0 Å². The zero-order valence-electron chi connectivity index (χ0n) is 17.6. The van der Waals surface area contributed by atoms with Gasteiger partial charge in [0.15, 0.2) is 0 Å². The topological polar surface area (TPSA) is 32.8 Å². The molecule has 1 heterocycles. The number of anilines is 1. The summed E-state index contributed by atoms with van der Waals surface area (Å²) in [5.74, 6) is 0.974. The number of carbonyl (C=O) groups excluding carboxylic acids is 1. The molecule has 0 atom stereocenters. The second-order valence-electron chi connectivity index (χ2n) is 8.14. The van der Waals surface area contributed by atoms with Crippen LogP contribution in [0.3, 0.4) is 0 Å². The van der Waals surface area contributed by atoms with E-state index in [0.717, 1.165) is 38.2 Å². The van der Waals surface area contributed by atoms with Crippen LogP contribution in [0.25, 0.3) is 0 Å². The van der Waals surface area contributed by atoms with Gasteiger partial charge < -0.3 is 14.5 Å². The van der Waals surface area contributed by atoms with E-state index in [1.54, 1.807) is 19.2 Å². The Kier molecular flexibility index (Phi) is 7.26. The van der Waals surface area contributed by atoms with E-state index in [9.17, 15) is 9.18 Å². The highest BCUT2D eigenvalue weighted by atomic mass is 19.1. The Morgan fingerprint density at radius 2 is 1.86 bits per heavy atom. The lowest BCUT2D eigenvalue weighted by Gasteiger charge is -2.39. The Morgan fingerprint density at radius 3 is 2.48 bits per heavy atom. The molecular formula is C24H31FN2O2. The number of halogens is 1. The average Bonchev–Trinajstić information content (AvgIpc) is 2.74. The molecule has 0 aliphatic carbocycles. The summed E-state index contributed by atoms with van der Waals surface area (Å²) in [6.45, 7) is 7.57. The summed E-state index contributed by atoms with van der Waals surface area (Å²) in [6, 6.07) is 13.5. The molecule has 0 radical (unpaired) electrons. The fourth-order valence-electron chi connectivity index (χ4n) is 3.83. The number of nitrogens with zero attached hydrogens (tertiary/aromatic N) is 2. The van der Waals surface area contributed by atoms with Crippen LogP contribution in [0.5, 0.6) is 5.75 Å². The van der Waals surface area contributed by atoms with Crippen molar-refractivity contribution < 1.29 is 13.9 Å². The summed E-state index contributed by atoms with van der Waals surface area (Å²) in [7, 11) is 1.62. The van der Waals surface area contributed by atoms with Gasteiger partial charge in [-0.25, -0.2) is 4.39 Å². The molecular weight excluding hydrogens is 367 g/mol. The van der Waals surface area contributed by atoms with Crippen molar-refractivity contribution in [3.05, 3.63) is 59.9 Å². The van der Waals surface area contributed by atoms with Gasteiger partial charge in [0, 0.05) is 36.4 Å². The predicted molar refractivity (Wildman–Crippen MR) is 115 cm³/mol. The van der Waals surface area contributed by atoms with Crippen LogP contribution in [0.15, 0.2) is 48.5 Å². The van der Waals surface area contributed by atoms with Gasteiger partial charge in [0.1, 0.15) is 11.6 Å². The lowest BCUT2D eigenvalue weighted by atomic mass is 10.00. The number of rotatable bonds is 7. The minimum absolute atomic E-state index is 0.0983. The Bertz CT molecular complexity index is 799. The molecule has 1 amide bonds. The predicted octanol–water partition coefficient (Wildman–Crippen LogP) is 4.99. The van der Waals surface area contributed by atoms with Crippen LogP contribution in [-0.2, 0) is 0 Å². The highest BCUT2D eigenvalue weighted by Gasteiger charge is 2.30. The molecule has 0 unspecified atom stereocenters. The van der Waals surface area contributed by atoms with Crippen LogP contribution < -0.4 is 9.64 Å². The average molecular weight is 399 g/mol. The largest absolute Gasteiger partial charge is 0.497 e. The molecule has 4 nitrogen and oxygen atoms in total. The summed E-state index contributed by atoms with van der Waals surface area (Å²) in [5.41, 5.74) is 1.32. The standard InChI is InChI=1S/C24H31FN2O2/c1-18(2)11-14-26-15-12-21(13-16-26)27(22-5-4-6-23(17-22)29-3)24(28)19-7-9-20(25)10-8-19/h4-10,17-18,21H,11-16H2,1-3H3. The lowest BCUT2D eigenvalue weighted by molar-refractivity contribution is 0.0959. The molecule has 0 saturated carbocycles. The van der Waals surface area contributed by atoms with Gasteiger partial charge in [-0.1, -0.05) is 19.9 Å². The summed E-state index contributed by atoms with van der Waals surface area (Å²) >= 11 is 0. The third-order valence-corrected chi connectivity index (χ3v) is 5.59. The van der Waals surface area contributed by atoms with E-state index in [1.807, 2.05) is 29.2 Å². The molecule has 1 saturated heterocycles. The second-order valence-corrected chi connectivity index (χ2v) is 8.14. The van der Waals surface area contributed by atoms with Crippen molar-refractivity contribution >= 4 is 11.6 Å². The molecule has 1 fully saturated rings. The molecule has 2 aromatic carbocycles. The van der Waals surface area contributed by atoms with Crippen LogP contribution in [0.4, 0.5) is 10.1 Å². The summed E-state index contributed by atoms with van der Waals surface area (Å²) in [5, 5.41) is 0. The molecule has 0 bridgehead atoms. The van der Waals surface area contributed by atoms with Gasteiger partial charge in [0.05, 0.1) is 7.11 Å². The van der Waals surface area contributed by atoms with E-state index in [0.29, 0.717) is 17.2 Å². The van der Waals surface area contributed by atoms with Gasteiger partial charge in [-0.3, -0.25) is 4.79 Å². The van der Waals surface area contributed by atoms with Crippen molar-refractivity contribution in [1.82, 2.24) is 4.90 Å². The first-order chi connectivity index (χ1) is 14.0. The van der Waals surface area contributed by atoms with Crippen molar-refractivity contribution in [2.24, 2.45) is 5.92 Å². The SMILES string of the molecule is COc1cccc(N(C(=O)c2ccc(F)cc2)C2CCN(CCC(C)C)CC2)c1. The van der Waals surface area contributed by atoms with E-state index < -0.39 is 0 Å². The van der Waals surface area contributed by atoms with Crippen LogP contribution in [0.1, 0.15) is 43.5 Å². The lowest BCUT2D eigenvalue weighted by Crippen LogP contribution is -2.48. The first-order valence-electron chi connectivity index (χ1n) is 10.4. The Hall–Kier alpha value is -2.40. The number of amides is 1. The van der Waals surface area contributed by atoms with E-state index in [2.05, 4.69) is 18.7 Å². The van der Waals surface area contributed by atoms with Gasteiger partial charge in [0.2, 0.25) is 0 Å². The fourth-order valence-corrected chi connectivity index (χ4v) is 3.83. The van der Waals surface area contributed by atoms with Crippen LogP contribution in [0.2, 0.25) is 0 Å². The number of methoxy groups -OCH3 is 1. The number of ether oxygens (including phenoxy) is 1. The van der Waals surface area contributed by atoms with Crippen molar-refractivity contribution in [3.8, 4) is 5.75 Å². The summed E-state index contributed by atoms with van der Waals surface area (Å²) < 4.78 is 18.7. The third-order valence-electron chi connectivity index (χ3n) is 5.59. The Labute approximate surface area is 173 Å². The van der Waals surface area contributed by atoms with Gasteiger partial charge in [-0.2, -0.15) is 0 Å². The van der Waals surface area contributed by atoms with Crippen molar-refractivity contribution in [2.75, 3.05) is 31.6 Å². The molecule has 2 aromatic rings. The first kappa shape index (κ1) is 21.3. The van der Waals surface area contributed by atoms with E-state index in [4.69, 9.17) is 4.74 Å². The molecule has 0 spiro atoms. The highest BCUT2D eigenvalue weighted by molar-refractivity contribution is 6.06. The van der Waals surface area contributed by atoms with Gasteiger partial charge in [-0.05, 0) is 68.1 Å². The number of carbonyl (C=O) groups is 1. The number of likely N-dealkylation sites (tertiary alicyclic amines) is 1. The molecule has 5 heteroatoms. The number of hydrogen-bond donors (Lipinski definition) is 0. The minimum Gasteiger partial charge on any atom is -0.497 e. The van der Waals surface area contributed by atoms with Crippen molar-refractivity contribution in [3.63, 3.8) is 0 Å². The van der Waals surface area contributed by atoms with Crippen molar-refractivity contribution in [1.29, 1.82) is 0 Å². The number of piperidine rings is 1. The maximum absolute atomic E-state index is 13.4. The molecule has 0 aromatic heterocycles. The van der Waals surface area contributed by atoms with E-state index in [-0.39, 0.29) is 17.8 Å². The second kappa shape index (κ2) is 9.88. The van der Waals surface area contributed by atoms with Gasteiger partial charge in [-0.15, -0.1) is 0 Å². The zero-order chi connectivity index (χ0) is 20.8. The third kappa shape index (κ3) is 5.57. The molecule has 156 valence electrons. The molecule has 1 aliphatic heterocycles. The van der Waals surface area contributed by atoms with Gasteiger partial charge in [0.25, 0.3) is 5.91 Å². The molecule has 29 heavy (non-hydrogen) atoms. The number of hydrogen-bond acceptors (Lipinski definition) is 3. The minimum atomic E-state index is -0.340. The normalized spacial score (nSPS) is 15.5. The van der Waals surface area contributed by atoms with Crippen LogP contribution >= 0.6 is 0 Å². The maximum atomic E-state index is 13.4. The van der Waals surface area contributed by atoms with Crippen LogP contribution in [0, 0.1) is 11.7 Å². The Balaban J connectivity index is 1.81. The van der Waals surface area contributed by atoms with Crippen molar-refractivity contribution in [2.45, 2.75) is 39.2 Å². The quantitative estimate of drug-likeness (QED) is 0.659. The Morgan fingerprint density at radius 1 is 1.17 bits per heavy atom. The highest BCUT2D eigenvalue weighted by Crippen LogP contribution is 2.29. The van der Waals surface area contributed by atoms with E-state index in [1.165, 1.54) is 18.6 Å². The fraction of sp³-hybridized carbons (Fsp3) is 0.458. The van der Waals surface area contributed by atoms with Gasteiger partial charge >= 0.3 is 0 Å². The maximum Gasteiger partial charge on any atom is 0.258 e. The monoisotopic (exact) mass is 398 g/mol. The molecule has 3 rings (SSSR count). The zero-order valence-corrected chi connectivity index (χ0v) is 17.6. The smallest absolute Gasteiger partial charge is 0.258 e.